The molecular formula is C22H20N2O2S. The Balaban J connectivity index is 1.49. The number of nitrogens with one attached hydrogen (secondary N) is 1. The Morgan fingerprint density at radius 3 is 2.19 bits per heavy atom. The molecule has 0 heterocycles. The van der Waals surface area contributed by atoms with E-state index < -0.39 is 0 Å². The number of nitrogens with zero attached hydrogens (tertiary/aromatic N) is 1. The van der Waals surface area contributed by atoms with Crippen LogP contribution in [0.1, 0.15) is 12.5 Å². The highest BCUT2D eigenvalue weighted by Gasteiger charge is 2.13. The van der Waals surface area contributed by atoms with E-state index >= 15 is 0 Å². The number of carbonyl (C=O) groups is 1. The van der Waals surface area contributed by atoms with E-state index in [1.165, 1.54) is 11.8 Å². The van der Waals surface area contributed by atoms with Crippen LogP contribution in [0.15, 0.2) is 94.9 Å². The van der Waals surface area contributed by atoms with Gasteiger partial charge in [-0.3, -0.25) is 4.79 Å². The Hall–Kier alpha value is -3.05. The number of amides is 1. The van der Waals surface area contributed by atoms with Gasteiger partial charge in [0.1, 0.15) is 11.5 Å². The largest absolute Gasteiger partial charge is 0.457 e. The van der Waals surface area contributed by atoms with E-state index in [9.17, 15) is 4.79 Å². The maximum absolute atomic E-state index is 12.1. The van der Waals surface area contributed by atoms with Crippen LogP contribution in [0.4, 0.5) is 0 Å². The van der Waals surface area contributed by atoms with Gasteiger partial charge in [-0.25, -0.2) is 5.43 Å². The highest BCUT2D eigenvalue weighted by molar-refractivity contribution is 8.00. The lowest BCUT2D eigenvalue weighted by molar-refractivity contribution is -0.120. The summed E-state index contributed by atoms with van der Waals surface area (Å²) in [5, 5.41) is 3.81. The number of carbonyl (C=O) groups excluding carboxylic acids is 1. The molecule has 0 saturated carbocycles. The Morgan fingerprint density at radius 2 is 1.52 bits per heavy atom. The normalized spacial score (nSPS) is 11.9. The van der Waals surface area contributed by atoms with Gasteiger partial charge in [0.25, 0.3) is 5.91 Å². The molecule has 1 atom stereocenters. The number of ether oxygens (including phenoxy) is 1. The average Bonchev–Trinajstić information content (AvgIpc) is 2.71. The van der Waals surface area contributed by atoms with E-state index in [0.29, 0.717) is 0 Å². The minimum Gasteiger partial charge on any atom is -0.457 e. The number of hydrogen-bond donors (Lipinski definition) is 1. The molecule has 0 radical (unpaired) electrons. The SMILES string of the molecule is CC(Sc1ccccc1)C(=O)N/N=C/c1ccc(Oc2ccccc2)cc1. The standard InChI is InChI=1S/C22H20N2O2S/c1-17(27-21-10-6-3-7-11-21)22(25)24-23-16-18-12-14-20(15-13-18)26-19-8-4-2-5-9-19/h2-17H,1H3,(H,24,25)/b23-16+. The molecule has 27 heavy (non-hydrogen) atoms. The number of hydrogen-bond acceptors (Lipinski definition) is 4. The molecule has 0 bridgehead atoms. The number of thioether (sulfide) groups is 1. The number of para-hydroxylation sites is 1. The second kappa shape index (κ2) is 9.59. The maximum Gasteiger partial charge on any atom is 0.253 e. The van der Waals surface area contributed by atoms with E-state index in [0.717, 1.165) is 22.0 Å². The topological polar surface area (TPSA) is 50.7 Å². The van der Waals surface area contributed by atoms with Crippen molar-refractivity contribution in [3.63, 3.8) is 0 Å². The monoisotopic (exact) mass is 376 g/mol. The van der Waals surface area contributed by atoms with E-state index in [4.69, 9.17) is 4.74 Å². The second-order valence-electron chi connectivity index (χ2n) is 5.79. The molecular weight excluding hydrogens is 356 g/mol. The Kier molecular flexibility index (Phi) is 6.66. The van der Waals surface area contributed by atoms with Gasteiger partial charge >= 0.3 is 0 Å². The Bertz CT molecular complexity index is 881. The summed E-state index contributed by atoms with van der Waals surface area (Å²) in [7, 11) is 0. The lowest BCUT2D eigenvalue weighted by Crippen LogP contribution is -2.26. The zero-order chi connectivity index (χ0) is 18.9. The van der Waals surface area contributed by atoms with Crippen LogP contribution in [-0.2, 0) is 4.79 Å². The van der Waals surface area contributed by atoms with E-state index in [-0.39, 0.29) is 11.2 Å². The molecule has 136 valence electrons. The minimum atomic E-state index is -0.230. The van der Waals surface area contributed by atoms with Crippen molar-refractivity contribution in [2.24, 2.45) is 5.10 Å². The zero-order valence-corrected chi connectivity index (χ0v) is 15.7. The fraction of sp³-hybridized carbons (Fsp3) is 0.0909. The molecule has 0 aliphatic carbocycles. The summed E-state index contributed by atoms with van der Waals surface area (Å²) in [4.78, 5) is 13.2. The van der Waals surface area contributed by atoms with E-state index in [1.807, 2.05) is 91.9 Å². The van der Waals surface area contributed by atoms with Crippen molar-refractivity contribution < 1.29 is 9.53 Å². The van der Waals surface area contributed by atoms with Gasteiger partial charge in [-0.1, -0.05) is 36.4 Å². The molecule has 0 aliphatic rings. The minimum absolute atomic E-state index is 0.135. The molecule has 1 amide bonds. The second-order valence-corrected chi connectivity index (χ2v) is 7.21. The van der Waals surface area contributed by atoms with Crippen molar-refractivity contribution in [2.75, 3.05) is 0 Å². The van der Waals surface area contributed by atoms with Crippen molar-refractivity contribution in [1.29, 1.82) is 0 Å². The van der Waals surface area contributed by atoms with Gasteiger partial charge in [0.05, 0.1) is 11.5 Å². The van der Waals surface area contributed by atoms with Crippen LogP contribution >= 0.6 is 11.8 Å². The first-order valence-electron chi connectivity index (χ1n) is 8.58. The summed E-state index contributed by atoms with van der Waals surface area (Å²) in [6.45, 7) is 1.86. The van der Waals surface area contributed by atoms with Crippen LogP contribution in [0.3, 0.4) is 0 Å². The van der Waals surface area contributed by atoms with Crippen molar-refractivity contribution in [1.82, 2.24) is 5.43 Å². The van der Waals surface area contributed by atoms with Gasteiger partial charge in [-0.15, -0.1) is 11.8 Å². The summed E-state index contributed by atoms with van der Waals surface area (Å²) < 4.78 is 5.75. The summed E-state index contributed by atoms with van der Waals surface area (Å²) in [6, 6.07) is 26.9. The van der Waals surface area contributed by atoms with Crippen molar-refractivity contribution in [3.05, 3.63) is 90.5 Å². The highest BCUT2D eigenvalue weighted by atomic mass is 32.2. The molecule has 3 rings (SSSR count). The van der Waals surface area contributed by atoms with Crippen LogP contribution in [-0.4, -0.2) is 17.4 Å². The van der Waals surface area contributed by atoms with Gasteiger partial charge in [0.2, 0.25) is 0 Å². The van der Waals surface area contributed by atoms with Crippen LogP contribution < -0.4 is 10.2 Å². The van der Waals surface area contributed by atoms with Crippen LogP contribution in [0.5, 0.6) is 11.5 Å². The molecule has 3 aromatic carbocycles. The van der Waals surface area contributed by atoms with Crippen LogP contribution in [0.2, 0.25) is 0 Å². The summed E-state index contributed by atoms with van der Waals surface area (Å²) >= 11 is 1.50. The lowest BCUT2D eigenvalue weighted by atomic mass is 10.2. The van der Waals surface area contributed by atoms with Gasteiger partial charge in [0, 0.05) is 4.90 Å². The summed E-state index contributed by atoms with van der Waals surface area (Å²) in [6.07, 6.45) is 1.62. The van der Waals surface area contributed by atoms with Crippen LogP contribution in [0.25, 0.3) is 0 Å². The molecule has 0 spiro atoms. The number of rotatable bonds is 7. The Morgan fingerprint density at radius 1 is 0.926 bits per heavy atom. The quantitative estimate of drug-likeness (QED) is 0.354. The molecule has 0 aromatic heterocycles. The lowest BCUT2D eigenvalue weighted by Gasteiger charge is -2.09. The summed E-state index contributed by atoms with van der Waals surface area (Å²) in [5.41, 5.74) is 3.46. The van der Waals surface area contributed by atoms with Crippen molar-refractivity contribution in [2.45, 2.75) is 17.1 Å². The third kappa shape index (κ3) is 6.01. The van der Waals surface area contributed by atoms with Crippen molar-refractivity contribution in [3.8, 4) is 11.5 Å². The average molecular weight is 376 g/mol. The van der Waals surface area contributed by atoms with E-state index in [1.54, 1.807) is 6.21 Å². The third-order valence-electron chi connectivity index (χ3n) is 3.67. The molecule has 0 fully saturated rings. The fourth-order valence-corrected chi connectivity index (χ4v) is 3.15. The van der Waals surface area contributed by atoms with Gasteiger partial charge < -0.3 is 4.74 Å². The molecule has 0 aliphatic heterocycles. The number of benzene rings is 3. The fourth-order valence-electron chi connectivity index (χ4n) is 2.26. The summed E-state index contributed by atoms with van der Waals surface area (Å²) in [5.74, 6) is 1.40. The molecule has 4 nitrogen and oxygen atoms in total. The van der Waals surface area contributed by atoms with Crippen molar-refractivity contribution >= 4 is 23.9 Å². The molecule has 5 heteroatoms. The predicted molar refractivity (Wildman–Crippen MR) is 110 cm³/mol. The number of hydrazone groups is 1. The Labute approximate surface area is 163 Å². The molecule has 1 N–H and O–H groups in total. The van der Waals surface area contributed by atoms with Gasteiger partial charge in [-0.2, -0.15) is 5.10 Å². The maximum atomic E-state index is 12.1. The smallest absolute Gasteiger partial charge is 0.253 e. The third-order valence-corrected chi connectivity index (χ3v) is 4.78. The highest BCUT2D eigenvalue weighted by Crippen LogP contribution is 2.23. The van der Waals surface area contributed by atoms with Gasteiger partial charge in [0.15, 0.2) is 0 Å². The predicted octanol–water partition coefficient (Wildman–Crippen LogP) is 5.11. The molecule has 0 saturated heterocycles. The first kappa shape index (κ1) is 18.7. The first-order valence-corrected chi connectivity index (χ1v) is 9.46. The first-order chi connectivity index (χ1) is 13.2. The van der Waals surface area contributed by atoms with Crippen LogP contribution in [0, 0.1) is 0 Å². The van der Waals surface area contributed by atoms with Gasteiger partial charge in [-0.05, 0) is 61.0 Å². The van der Waals surface area contributed by atoms with E-state index in [2.05, 4.69) is 10.5 Å². The molecule has 1 unspecified atom stereocenters. The molecule has 3 aromatic rings. The zero-order valence-electron chi connectivity index (χ0n) is 14.9.